The summed E-state index contributed by atoms with van der Waals surface area (Å²) in [7, 11) is 0. The lowest BCUT2D eigenvalue weighted by molar-refractivity contribution is -0.122. The number of carbonyl (C=O) groups is 3. The maximum Gasteiger partial charge on any atom is 0.335 e. The molecule has 1 saturated carbocycles. The van der Waals surface area contributed by atoms with Crippen molar-refractivity contribution in [1.82, 2.24) is 19.9 Å². The van der Waals surface area contributed by atoms with Gasteiger partial charge in [-0.2, -0.15) is 5.10 Å². The topological polar surface area (TPSA) is 179 Å². The second kappa shape index (κ2) is 15.9. The lowest BCUT2D eigenvalue weighted by atomic mass is 9.95. The molecule has 4 aromatic rings. The maximum atomic E-state index is 14.2. The van der Waals surface area contributed by atoms with Crippen LogP contribution in [0.4, 0.5) is 5.69 Å². The number of aromatic carboxylic acids is 1. The number of hydrogen-bond donors (Lipinski definition) is 4. The van der Waals surface area contributed by atoms with Gasteiger partial charge >= 0.3 is 5.97 Å². The van der Waals surface area contributed by atoms with Crippen LogP contribution in [0.1, 0.15) is 84.0 Å². The Morgan fingerprint density at radius 1 is 0.980 bits per heavy atom. The Balaban J connectivity index is 1.31. The maximum absolute atomic E-state index is 14.2. The average Bonchev–Trinajstić information content (AvgIpc) is 3.47. The average molecular weight is 693 g/mol. The number of piperidine rings is 1. The molecule has 51 heavy (non-hydrogen) atoms. The van der Waals surface area contributed by atoms with E-state index in [0.29, 0.717) is 39.4 Å². The summed E-state index contributed by atoms with van der Waals surface area (Å²) in [5, 5.41) is 26.9. The molecule has 2 heterocycles. The second-order valence-corrected chi connectivity index (χ2v) is 13.0. The Hall–Kier alpha value is -5.72. The molecule has 2 amide bonds. The van der Waals surface area contributed by atoms with Crippen molar-refractivity contribution in [1.29, 1.82) is 5.41 Å². The molecule has 0 bridgehead atoms. The number of amides is 2. The van der Waals surface area contributed by atoms with Gasteiger partial charge in [-0.25, -0.2) is 9.78 Å². The quantitative estimate of drug-likeness (QED) is 0.116. The monoisotopic (exact) mass is 692 g/mol. The van der Waals surface area contributed by atoms with Crippen molar-refractivity contribution in [2.45, 2.75) is 77.1 Å². The van der Waals surface area contributed by atoms with Gasteiger partial charge in [0.05, 0.1) is 23.1 Å². The number of imidazole rings is 1. The van der Waals surface area contributed by atoms with Crippen molar-refractivity contribution in [3.8, 4) is 5.75 Å². The molecule has 1 aliphatic carbocycles. The first-order valence-corrected chi connectivity index (χ1v) is 17.5. The first-order valence-electron chi connectivity index (χ1n) is 17.5. The van der Waals surface area contributed by atoms with Crippen molar-refractivity contribution < 1.29 is 24.2 Å². The van der Waals surface area contributed by atoms with E-state index in [-0.39, 0.29) is 48.4 Å². The molecule has 5 N–H and O–H groups in total. The second-order valence-electron chi connectivity index (χ2n) is 13.0. The van der Waals surface area contributed by atoms with Gasteiger partial charge in [-0.05, 0) is 86.5 Å². The first kappa shape index (κ1) is 35.1. The molecule has 0 atom stereocenters. The summed E-state index contributed by atoms with van der Waals surface area (Å²) in [5.74, 6) is -0.574. The summed E-state index contributed by atoms with van der Waals surface area (Å²) >= 11 is 0. The fourth-order valence-electron chi connectivity index (χ4n) is 6.78. The molecule has 1 saturated heterocycles. The van der Waals surface area contributed by atoms with E-state index in [4.69, 9.17) is 20.9 Å². The minimum Gasteiger partial charge on any atom is -0.490 e. The van der Waals surface area contributed by atoms with Crippen LogP contribution in [0.5, 0.6) is 5.75 Å². The molecule has 6 rings (SSSR count). The molecule has 1 aromatic heterocycles. The van der Waals surface area contributed by atoms with E-state index in [0.717, 1.165) is 51.6 Å². The predicted molar refractivity (Wildman–Crippen MR) is 196 cm³/mol. The number of rotatable bonds is 12. The summed E-state index contributed by atoms with van der Waals surface area (Å²) < 4.78 is 8.09. The highest BCUT2D eigenvalue weighted by Gasteiger charge is 2.25. The highest BCUT2D eigenvalue weighted by molar-refractivity contribution is 6.06. The summed E-state index contributed by atoms with van der Waals surface area (Å²) in [5.41, 5.74) is 8.43. The number of carboxylic acid groups (broad SMARTS) is 1. The number of carbonyl (C=O) groups excluding carboxylic acids is 2. The molecular weight excluding hydrogens is 648 g/mol. The molecule has 0 radical (unpaired) electrons. The minimum atomic E-state index is -1.09. The van der Waals surface area contributed by atoms with Gasteiger partial charge in [0.1, 0.15) is 30.1 Å². The highest BCUT2D eigenvalue weighted by Crippen LogP contribution is 2.28. The molecule has 13 heteroatoms. The number of hydrogen-bond acceptors (Lipinski definition) is 8. The molecular formula is C38H44N8O5. The molecule has 0 spiro atoms. The van der Waals surface area contributed by atoms with Gasteiger partial charge in [0.25, 0.3) is 5.91 Å². The third kappa shape index (κ3) is 8.54. The van der Waals surface area contributed by atoms with Crippen LogP contribution >= 0.6 is 0 Å². The fourth-order valence-corrected chi connectivity index (χ4v) is 6.78. The fraction of sp³-hybridized carbons (Fsp3) is 0.368. The number of benzene rings is 3. The lowest BCUT2D eigenvalue weighted by Crippen LogP contribution is -2.39. The zero-order chi connectivity index (χ0) is 35.9. The van der Waals surface area contributed by atoms with Crippen LogP contribution in [0.25, 0.3) is 11.0 Å². The van der Waals surface area contributed by atoms with E-state index in [2.05, 4.69) is 10.4 Å². The Labute approximate surface area is 296 Å². The van der Waals surface area contributed by atoms with Gasteiger partial charge in [0.15, 0.2) is 0 Å². The number of nitrogen functional groups attached to an aromatic ring is 1. The van der Waals surface area contributed by atoms with Crippen LogP contribution in [0.15, 0.2) is 71.8 Å². The van der Waals surface area contributed by atoms with Crippen LogP contribution in [-0.4, -0.2) is 74.7 Å². The third-order valence-electron chi connectivity index (χ3n) is 9.48. The van der Waals surface area contributed by atoms with E-state index in [1.54, 1.807) is 33.9 Å². The van der Waals surface area contributed by atoms with E-state index in [1.165, 1.54) is 30.7 Å². The lowest BCUT2D eigenvalue weighted by Gasteiger charge is -2.30. The van der Waals surface area contributed by atoms with Crippen LogP contribution in [-0.2, 0) is 17.9 Å². The summed E-state index contributed by atoms with van der Waals surface area (Å²) in [6.45, 7) is 3.51. The van der Waals surface area contributed by atoms with Crippen molar-refractivity contribution in [2.24, 2.45) is 10.8 Å². The van der Waals surface area contributed by atoms with Crippen molar-refractivity contribution >= 4 is 46.6 Å². The number of nitrogens with zero attached hydrogens (tertiary/aromatic N) is 5. The summed E-state index contributed by atoms with van der Waals surface area (Å²) in [6, 6.07) is 18.4. The number of nitrogens with two attached hydrogens (primary N) is 1. The van der Waals surface area contributed by atoms with E-state index < -0.39 is 5.97 Å². The smallest absolute Gasteiger partial charge is 0.335 e. The number of hydrazone groups is 1. The standard InChI is InChI=1S/C38H44N8O5/c1-2-41-44-20-18-31(19-21-44)51-30-15-13-29(14-16-30)45(37(48)25-8-10-26(11-9-25)38(49)50)23-34-43-32-22-27(36(39)40)12-17-33(32)46(34)24-35(47)42-28-6-4-3-5-7-28/h2,8-17,22,28,31H,3-7,18-21,23-24H2,1H3,(H3,39,40)(H,42,47)(H,49,50)/b41-2+. The van der Waals surface area contributed by atoms with Gasteiger partial charge in [0.2, 0.25) is 5.91 Å². The van der Waals surface area contributed by atoms with Gasteiger partial charge in [0, 0.05) is 55.0 Å². The molecule has 13 nitrogen and oxygen atoms in total. The number of ether oxygens (including phenoxy) is 1. The summed E-state index contributed by atoms with van der Waals surface area (Å²) in [4.78, 5) is 45.6. The van der Waals surface area contributed by atoms with Crippen molar-refractivity contribution in [3.05, 3.63) is 89.2 Å². The summed E-state index contributed by atoms with van der Waals surface area (Å²) in [6.07, 6.45) is 8.74. The zero-order valence-electron chi connectivity index (χ0n) is 28.8. The van der Waals surface area contributed by atoms with E-state index in [1.807, 2.05) is 36.2 Å². The van der Waals surface area contributed by atoms with Gasteiger partial charge in [-0.3, -0.25) is 20.0 Å². The Kier molecular flexibility index (Phi) is 10.9. The van der Waals surface area contributed by atoms with Crippen LogP contribution in [0, 0.1) is 5.41 Å². The normalized spacial score (nSPS) is 15.6. The number of aromatic nitrogens is 2. The predicted octanol–water partition coefficient (Wildman–Crippen LogP) is 5.16. The number of carboxylic acids is 1. The zero-order valence-corrected chi connectivity index (χ0v) is 28.8. The molecule has 266 valence electrons. The Bertz CT molecular complexity index is 1910. The molecule has 1 aliphatic heterocycles. The van der Waals surface area contributed by atoms with Crippen LogP contribution in [0.2, 0.25) is 0 Å². The molecule has 3 aromatic carbocycles. The van der Waals surface area contributed by atoms with Crippen molar-refractivity contribution in [2.75, 3.05) is 18.0 Å². The Morgan fingerprint density at radius 3 is 2.29 bits per heavy atom. The minimum absolute atomic E-state index is 0.00306. The molecule has 0 unspecified atom stereocenters. The Morgan fingerprint density at radius 2 is 1.65 bits per heavy atom. The van der Waals surface area contributed by atoms with Gasteiger partial charge < -0.3 is 30.4 Å². The van der Waals surface area contributed by atoms with Crippen LogP contribution < -0.4 is 20.7 Å². The largest absolute Gasteiger partial charge is 0.490 e. The third-order valence-corrected chi connectivity index (χ3v) is 9.48. The number of fused-ring (bicyclic) bond motifs is 1. The van der Waals surface area contributed by atoms with Gasteiger partial charge in [-0.1, -0.05) is 19.3 Å². The number of nitrogens with one attached hydrogen (secondary N) is 2. The SMILES string of the molecule is C/C=N/N1CCC(Oc2ccc(N(Cc3nc4cc(C(=N)N)ccc4n3CC(=O)NC3CCCCC3)C(=O)c3ccc(C(=O)O)cc3)cc2)CC1. The van der Waals surface area contributed by atoms with Crippen molar-refractivity contribution in [3.63, 3.8) is 0 Å². The van der Waals surface area contributed by atoms with Crippen LogP contribution in [0.3, 0.4) is 0 Å². The van der Waals surface area contributed by atoms with E-state index in [9.17, 15) is 19.5 Å². The number of anilines is 1. The molecule has 2 aliphatic rings. The number of amidine groups is 1. The van der Waals surface area contributed by atoms with Gasteiger partial charge in [-0.15, -0.1) is 0 Å². The highest BCUT2D eigenvalue weighted by atomic mass is 16.5. The van der Waals surface area contributed by atoms with E-state index >= 15 is 0 Å². The molecule has 2 fully saturated rings. The first-order chi connectivity index (χ1) is 24.7.